The Morgan fingerprint density at radius 3 is 2.85 bits per heavy atom. The molecule has 0 unspecified atom stereocenters. The Hall–Kier alpha value is -2.18. The van der Waals surface area contributed by atoms with E-state index in [2.05, 4.69) is 62.2 Å². The first-order valence-electron chi connectivity index (χ1n) is 9.89. The van der Waals surface area contributed by atoms with Crippen LogP contribution >= 0.6 is 0 Å². The van der Waals surface area contributed by atoms with Gasteiger partial charge in [-0.3, -0.25) is 14.6 Å². The van der Waals surface area contributed by atoms with Crippen LogP contribution in [0.5, 0.6) is 0 Å². The van der Waals surface area contributed by atoms with E-state index in [1.54, 1.807) is 0 Å². The molecule has 4 rings (SSSR count). The Morgan fingerprint density at radius 1 is 1.15 bits per heavy atom. The number of rotatable bonds is 4. The third-order valence-corrected chi connectivity index (χ3v) is 6.17. The van der Waals surface area contributed by atoms with Gasteiger partial charge in [0.2, 0.25) is 5.91 Å². The van der Waals surface area contributed by atoms with Crippen LogP contribution in [-0.4, -0.2) is 64.0 Å². The van der Waals surface area contributed by atoms with Gasteiger partial charge in [0.15, 0.2) is 0 Å². The predicted molar refractivity (Wildman–Crippen MR) is 105 cm³/mol. The Labute approximate surface area is 161 Å². The maximum absolute atomic E-state index is 11.8. The number of piperazine rings is 1. The number of amides is 1. The topological polar surface area (TPSA) is 53.4 Å². The molecule has 2 aromatic rings. The molecule has 6 nitrogen and oxygen atoms in total. The number of hydrogen-bond acceptors (Lipinski definition) is 4. The van der Waals surface area contributed by atoms with Crippen molar-refractivity contribution in [2.45, 2.75) is 37.9 Å². The lowest BCUT2D eigenvalue weighted by atomic mass is 9.86. The molecule has 1 aromatic carbocycles. The third-order valence-electron chi connectivity index (χ3n) is 6.17. The molecule has 1 amide bonds. The van der Waals surface area contributed by atoms with Crippen LogP contribution in [0.1, 0.15) is 30.7 Å². The van der Waals surface area contributed by atoms with Gasteiger partial charge in [-0.1, -0.05) is 30.3 Å². The van der Waals surface area contributed by atoms with Crippen LogP contribution in [0.4, 0.5) is 0 Å². The van der Waals surface area contributed by atoms with Gasteiger partial charge in [0.05, 0.1) is 6.54 Å². The summed E-state index contributed by atoms with van der Waals surface area (Å²) in [4.78, 5) is 21.4. The molecule has 1 spiro atoms. The maximum Gasteiger partial charge on any atom is 0.220 e. The fraction of sp³-hybridized carbons (Fsp3) is 0.524. The molecular weight excluding hydrogens is 338 g/mol. The van der Waals surface area contributed by atoms with Crippen LogP contribution in [-0.2, 0) is 17.9 Å². The van der Waals surface area contributed by atoms with Crippen molar-refractivity contribution in [3.05, 3.63) is 54.1 Å². The van der Waals surface area contributed by atoms with Gasteiger partial charge in [0.1, 0.15) is 5.82 Å². The van der Waals surface area contributed by atoms with E-state index in [4.69, 9.17) is 0 Å². The number of carbonyl (C=O) groups excluding carboxylic acids is 1. The van der Waals surface area contributed by atoms with Gasteiger partial charge in [-0.2, -0.15) is 0 Å². The molecular formula is C21H29N5O. The molecule has 0 saturated carbocycles. The number of imidazole rings is 1. The highest BCUT2D eigenvalue weighted by Gasteiger charge is 2.40. The summed E-state index contributed by atoms with van der Waals surface area (Å²) in [6.45, 7) is 5.56. The number of nitrogens with one attached hydrogen (secondary N) is 1. The number of carbonyl (C=O) groups is 1. The van der Waals surface area contributed by atoms with Crippen molar-refractivity contribution in [3.63, 3.8) is 0 Å². The molecule has 0 bridgehead atoms. The average molecular weight is 367 g/mol. The first kappa shape index (κ1) is 18.2. The fourth-order valence-corrected chi connectivity index (χ4v) is 4.43. The molecule has 1 aromatic heterocycles. The highest BCUT2D eigenvalue weighted by atomic mass is 16.1. The van der Waals surface area contributed by atoms with Crippen LogP contribution < -0.4 is 5.32 Å². The second-order valence-electron chi connectivity index (χ2n) is 7.91. The molecule has 6 heteroatoms. The summed E-state index contributed by atoms with van der Waals surface area (Å²) < 4.78 is 2.25. The highest BCUT2D eigenvalue weighted by Crippen LogP contribution is 2.30. The summed E-state index contributed by atoms with van der Waals surface area (Å²) >= 11 is 0. The molecule has 144 valence electrons. The first-order chi connectivity index (χ1) is 13.1. The quantitative estimate of drug-likeness (QED) is 0.894. The Balaban J connectivity index is 1.46. The largest absolute Gasteiger partial charge is 0.356 e. The van der Waals surface area contributed by atoms with Gasteiger partial charge in [0, 0.05) is 57.1 Å². The van der Waals surface area contributed by atoms with E-state index >= 15 is 0 Å². The van der Waals surface area contributed by atoms with Gasteiger partial charge in [0.25, 0.3) is 0 Å². The summed E-state index contributed by atoms with van der Waals surface area (Å²) in [7, 11) is 2.21. The molecule has 1 N–H and O–H groups in total. The molecule has 2 aliphatic rings. The summed E-state index contributed by atoms with van der Waals surface area (Å²) in [6, 6.07) is 10.5. The highest BCUT2D eigenvalue weighted by molar-refractivity contribution is 5.76. The lowest BCUT2D eigenvalue weighted by Gasteiger charge is -2.49. The van der Waals surface area contributed by atoms with E-state index in [1.807, 2.05) is 12.3 Å². The van der Waals surface area contributed by atoms with Gasteiger partial charge >= 0.3 is 0 Å². The van der Waals surface area contributed by atoms with Crippen molar-refractivity contribution >= 4 is 5.91 Å². The fourth-order valence-electron chi connectivity index (χ4n) is 4.43. The molecule has 0 aliphatic carbocycles. The minimum absolute atomic E-state index is 0.0915. The number of aromatic nitrogens is 2. The Bertz CT molecular complexity index is 774. The van der Waals surface area contributed by atoms with Gasteiger partial charge in [-0.25, -0.2) is 4.98 Å². The SMILES string of the molecule is CN1CCN(Cc2nccn2Cc2ccccc2)C[C@]12CCNC(=O)CC2. The second kappa shape index (κ2) is 7.82. The van der Waals surface area contributed by atoms with E-state index in [0.29, 0.717) is 6.42 Å². The van der Waals surface area contributed by atoms with E-state index in [9.17, 15) is 4.79 Å². The zero-order valence-electron chi connectivity index (χ0n) is 16.1. The number of hydrogen-bond donors (Lipinski definition) is 1. The van der Waals surface area contributed by atoms with Crippen molar-refractivity contribution in [1.29, 1.82) is 0 Å². The van der Waals surface area contributed by atoms with E-state index in [1.165, 1.54) is 5.56 Å². The average Bonchev–Trinajstić information content (AvgIpc) is 3.01. The summed E-state index contributed by atoms with van der Waals surface area (Å²) in [5.41, 5.74) is 1.38. The molecule has 2 aliphatic heterocycles. The number of likely N-dealkylation sites (N-methyl/N-ethyl adjacent to an activating group) is 1. The molecule has 0 radical (unpaired) electrons. The van der Waals surface area contributed by atoms with Crippen LogP contribution in [0.2, 0.25) is 0 Å². The third kappa shape index (κ3) is 4.06. The smallest absolute Gasteiger partial charge is 0.220 e. The van der Waals surface area contributed by atoms with E-state index < -0.39 is 0 Å². The Kier molecular flexibility index (Phi) is 5.27. The second-order valence-corrected chi connectivity index (χ2v) is 7.91. The van der Waals surface area contributed by atoms with Gasteiger partial charge in [-0.05, 0) is 25.5 Å². The van der Waals surface area contributed by atoms with Crippen molar-refractivity contribution < 1.29 is 4.79 Å². The lowest BCUT2D eigenvalue weighted by Crippen LogP contribution is -2.60. The standard InChI is InChI=1S/C21H29N5O/c1-24-13-14-25(17-21(24)8-7-20(27)23-10-9-21)16-19-22-11-12-26(19)15-18-5-3-2-4-6-18/h2-6,11-12H,7-10,13-17H2,1H3,(H,23,27)/t21-/m0/s1. The van der Waals surface area contributed by atoms with E-state index in [0.717, 1.165) is 57.9 Å². The zero-order chi connectivity index (χ0) is 18.7. The minimum Gasteiger partial charge on any atom is -0.356 e. The molecule has 2 fully saturated rings. The molecule has 3 heterocycles. The first-order valence-corrected chi connectivity index (χ1v) is 9.89. The predicted octanol–water partition coefficient (Wildman–Crippen LogP) is 1.72. The number of nitrogens with zero attached hydrogens (tertiary/aromatic N) is 4. The summed E-state index contributed by atoms with van der Waals surface area (Å²) in [5.74, 6) is 1.30. The molecule has 2 saturated heterocycles. The Morgan fingerprint density at radius 2 is 2.00 bits per heavy atom. The van der Waals surface area contributed by atoms with Crippen LogP contribution in [0.3, 0.4) is 0 Å². The lowest BCUT2D eigenvalue weighted by molar-refractivity contribution is -0.121. The zero-order valence-corrected chi connectivity index (χ0v) is 16.1. The normalized spacial score (nSPS) is 24.7. The van der Waals surface area contributed by atoms with Crippen LogP contribution in [0.25, 0.3) is 0 Å². The van der Waals surface area contributed by atoms with Crippen molar-refractivity contribution in [1.82, 2.24) is 24.7 Å². The molecule has 27 heavy (non-hydrogen) atoms. The monoisotopic (exact) mass is 367 g/mol. The maximum atomic E-state index is 11.8. The van der Waals surface area contributed by atoms with Crippen LogP contribution in [0, 0.1) is 0 Å². The van der Waals surface area contributed by atoms with Gasteiger partial charge in [-0.15, -0.1) is 0 Å². The molecule has 1 atom stereocenters. The summed E-state index contributed by atoms with van der Waals surface area (Å²) in [6.07, 6.45) is 6.55. The van der Waals surface area contributed by atoms with Gasteiger partial charge < -0.3 is 9.88 Å². The van der Waals surface area contributed by atoms with Crippen molar-refractivity contribution in [2.24, 2.45) is 0 Å². The number of benzene rings is 1. The van der Waals surface area contributed by atoms with E-state index in [-0.39, 0.29) is 11.4 Å². The minimum atomic E-state index is 0.0915. The summed E-state index contributed by atoms with van der Waals surface area (Å²) in [5, 5.41) is 3.03. The van der Waals surface area contributed by atoms with Crippen molar-refractivity contribution in [2.75, 3.05) is 33.2 Å². The van der Waals surface area contributed by atoms with Crippen molar-refractivity contribution in [3.8, 4) is 0 Å². The van der Waals surface area contributed by atoms with Crippen LogP contribution in [0.15, 0.2) is 42.7 Å².